The van der Waals surface area contributed by atoms with Gasteiger partial charge >= 0.3 is 6.18 Å². The molecule has 1 aromatic heterocycles. The first kappa shape index (κ1) is 12.0. The van der Waals surface area contributed by atoms with Gasteiger partial charge in [0.25, 0.3) is 0 Å². The van der Waals surface area contributed by atoms with E-state index in [0.29, 0.717) is 5.82 Å². The molecule has 0 saturated heterocycles. The summed E-state index contributed by atoms with van der Waals surface area (Å²) >= 11 is 0. The van der Waals surface area contributed by atoms with Crippen LogP contribution >= 0.6 is 0 Å². The number of aryl methyl sites for hydroxylation is 1. The molecule has 0 bridgehead atoms. The molecule has 1 N–H and O–H groups in total. The Kier molecular flexibility index (Phi) is 3.67. The van der Waals surface area contributed by atoms with Gasteiger partial charge in [0.15, 0.2) is 0 Å². The molecule has 0 aromatic carbocycles. The van der Waals surface area contributed by atoms with E-state index in [0.717, 1.165) is 0 Å². The van der Waals surface area contributed by atoms with Gasteiger partial charge in [-0.2, -0.15) is 13.2 Å². The van der Waals surface area contributed by atoms with Crippen LogP contribution in [0.5, 0.6) is 0 Å². The number of alkyl halides is 3. The van der Waals surface area contributed by atoms with Crippen LogP contribution in [-0.2, 0) is 13.6 Å². The highest BCUT2D eigenvalue weighted by atomic mass is 19.4. The SMILES string of the molecule is CC(CC(F)(F)F)NCc1nncn1C. The second-order valence-corrected chi connectivity index (χ2v) is 3.46. The van der Waals surface area contributed by atoms with E-state index in [1.807, 2.05) is 0 Å². The molecule has 0 aliphatic rings. The summed E-state index contributed by atoms with van der Waals surface area (Å²) in [4.78, 5) is 0. The average molecular weight is 222 g/mol. The van der Waals surface area contributed by atoms with Gasteiger partial charge in [0.1, 0.15) is 12.2 Å². The Morgan fingerprint density at radius 2 is 2.20 bits per heavy atom. The molecule has 1 rings (SSSR count). The molecule has 0 fully saturated rings. The average Bonchev–Trinajstić information content (AvgIpc) is 2.44. The van der Waals surface area contributed by atoms with Crippen LogP contribution in [-0.4, -0.2) is 27.0 Å². The highest BCUT2D eigenvalue weighted by molar-refractivity contribution is 4.84. The van der Waals surface area contributed by atoms with Crippen molar-refractivity contribution >= 4 is 0 Å². The predicted molar refractivity (Wildman–Crippen MR) is 48.0 cm³/mol. The normalized spacial score (nSPS) is 14.2. The Bertz CT molecular complexity index is 307. The molecule has 1 heterocycles. The monoisotopic (exact) mass is 222 g/mol. The van der Waals surface area contributed by atoms with E-state index in [-0.39, 0.29) is 6.54 Å². The van der Waals surface area contributed by atoms with Crippen molar-refractivity contribution in [2.45, 2.75) is 32.1 Å². The van der Waals surface area contributed by atoms with E-state index in [9.17, 15) is 13.2 Å². The number of halogens is 3. The lowest BCUT2D eigenvalue weighted by Gasteiger charge is -2.15. The van der Waals surface area contributed by atoms with Crippen molar-refractivity contribution in [1.29, 1.82) is 0 Å². The maximum atomic E-state index is 12.0. The number of rotatable bonds is 4. The second-order valence-electron chi connectivity index (χ2n) is 3.46. The molecule has 86 valence electrons. The van der Waals surface area contributed by atoms with Crippen LogP contribution in [0, 0.1) is 0 Å². The minimum Gasteiger partial charge on any atom is -0.320 e. The zero-order valence-electron chi connectivity index (χ0n) is 8.54. The zero-order chi connectivity index (χ0) is 11.5. The molecule has 0 aliphatic carbocycles. The fourth-order valence-corrected chi connectivity index (χ4v) is 1.15. The Morgan fingerprint density at radius 1 is 1.53 bits per heavy atom. The van der Waals surface area contributed by atoms with Gasteiger partial charge in [0.2, 0.25) is 0 Å². The van der Waals surface area contributed by atoms with Crippen LogP contribution in [0.2, 0.25) is 0 Å². The lowest BCUT2D eigenvalue weighted by molar-refractivity contribution is -0.139. The molecule has 4 nitrogen and oxygen atoms in total. The van der Waals surface area contributed by atoms with Gasteiger partial charge in [-0.1, -0.05) is 0 Å². The van der Waals surface area contributed by atoms with E-state index in [1.54, 1.807) is 11.6 Å². The van der Waals surface area contributed by atoms with Gasteiger partial charge in [-0.15, -0.1) is 10.2 Å². The van der Waals surface area contributed by atoms with Crippen molar-refractivity contribution in [3.63, 3.8) is 0 Å². The van der Waals surface area contributed by atoms with E-state index >= 15 is 0 Å². The number of aromatic nitrogens is 3. The third kappa shape index (κ3) is 4.28. The molecule has 1 unspecified atom stereocenters. The topological polar surface area (TPSA) is 42.7 Å². The summed E-state index contributed by atoms with van der Waals surface area (Å²) in [6, 6.07) is -0.623. The molecule has 15 heavy (non-hydrogen) atoms. The van der Waals surface area contributed by atoms with Crippen molar-refractivity contribution in [2.24, 2.45) is 7.05 Å². The van der Waals surface area contributed by atoms with Crippen LogP contribution in [0.15, 0.2) is 6.33 Å². The summed E-state index contributed by atoms with van der Waals surface area (Å²) in [5, 5.41) is 10.1. The van der Waals surface area contributed by atoms with Crippen molar-refractivity contribution in [2.75, 3.05) is 0 Å². The van der Waals surface area contributed by atoms with Crippen LogP contribution in [0.25, 0.3) is 0 Å². The van der Waals surface area contributed by atoms with E-state index < -0.39 is 18.6 Å². The van der Waals surface area contributed by atoms with Gasteiger partial charge < -0.3 is 9.88 Å². The summed E-state index contributed by atoms with van der Waals surface area (Å²) in [6.45, 7) is 1.78. The molecule has 0 aliphatic heterocycles. The molecule has 1 atom stereocenters. The molecule has 1 aromatic rings. The number of nitrogens with one attached hydrogen (secondary N) is 1. The van der Waals surface area contributed by atoms with Crippen molar-refractivity contribution in [1.82, 2.24) is 20.1 Å². The third-order valence-electron chi connectivity index (χ3n) is 1.95. The van der Waals surface area contributed by atoms with Gasteiger partial charge in [-0.3, -0.25) is 0 Å². The quantitative estimate of drug-likeness (QED) is 0.833. The van der Waals surface area contributed by atoms with Crippen molar-refractivity contribution in [3.05, 3.63) is 12.2 Å². The highest BCUT2D eigenvalue weighted by Gasteiger charge is 2.29. The fraction of sp³-hybridized carbons (Fsp3) is 0.750. The lowest BCUT2D eigenvalue weighted by Crippen LogP contribution is -2.31. The lowest BCUT2D eigenvalue weighted by atomic mass is 10.2. The number of hydrogen-bond donors (Lipinski definition) is 1. The molecule has 0 spiro atoms. The fourth-order valence-electron chi connectivity index (χ4n) is 1.15. The molecule has 0 amide bonds. The Labute approximate surface area is 85.5 Å². The van der Waals surface area contributed by atoms with E-state index in [1.165, 1.54) is 13.3 Å². The maximum absolute atomic E-state index is 12.0. The minimum absolute atomic E-state index is 0.285. The van der Waals surface area contributed by atoms with Crippen LogP contribution in [0.4, 0.5) is 13.2 Å². The van der Waals surface area contributed by atoms with Crippen LogP contribution < -0.4 is 5.32 Å². The summed E-state index contributed by atoms with van der Waals surface area (Å²) in [7, 11) is 1.74. The molecule has 0 saturated carbocycles. The number of hydrogen-bond acceptors (Lipinski definition) is 3. The molecular formula is C8H13F3N4. The minimum atomic E-state index is -4.13. The summed E-state index contributed by atoms with van der Waals surface area (Å²) < 4.78 is 37.6. The predicted octanol–water partition coefficient (Wildman–Crippen LogP) is 1.25. The molecule has 0 radical (unpaired) electrons. The van der Waals surface area contributed by atoms with E-state index in [4.69, 9.17) is 0 Å². The first-order chi connectivity index (χ1) is 6.88. The van der Waals surface area contributed by atoms with Gasteiger partial charge in [0, 0.05) is 13.1 Å². The van der Waals surface area contributed by atoms with Gasteiger partial charge in [0.05, 0.1) is 13.0 Å². The first-order valence-electron chi connectivity index (χ1n) is 4.51. The Hall–Kier alpha value is -1.11. The van der Waals surface area contributed by atoms with Crippen LogP contribution in [0.3, 0.4) is 0 Å². The molecular weight excluding hydrogens is 209 g/mol. The Balaban J connectivity index is 2.35. The molecule has 7 heteroatoms. The maximum Gasteiger partial charge on any atom is 0.390 e. The van der Waals surface area contributed by atoms with Gasteiger partial charge in [-0.05, 0) is 6.92 Å². The highest BCUT2D eigenvalue weighted by Crippen LogP contribution is 2.21. The zero-order valence-corrected chi connectivity index (χ0v) is 8.54. The second kappa shape index (κ2) is 4.61. The Morgan fingerprint density at radius 3 is 2.67 bits per heavy atom. The van der Waals surface area contributed by atoms with E-state index in [2.05, 4.69) is 15.5 Å². The third-order valence-corrected chi connectivity index (χ3v) is 1.95. The van der Waals surface area contributed by atoms with Crippen LogP contribution in [0.1, 0.15) is 19.2 Å². The number of nitrogens with zero attached hydrogens (tertiary/aromatic N) is 3. The van der Waals surface area contributed by atoms with Crippen molar-refractivity contribution in [3.8, 4) is 0 Å². The largest absolute Gasteiger partial charge is 0.390 e. The smallest absolute Gasteiger partial charge is 0.320 e. The summed E-state index contributed by atoms with van der Waals surface area (Å²) in [5.74, 6) is 0.615. The standard InChI is InChI=1S/C8H13F3N4/c1-6(3-8(9,10)11)12-4-7-14-13-5-15(7)2/h5-6,12H,3-4H2,1-2H3. The van der Waals surface area contributed by atoms with Crippen molar-refractivity contribution < 1.29 is 13.2 Å². The first-order valence-corrected chi connectivity index (χ1v) is 4.51. The summed E-state index contributed by atoms with van der Waals surface area (Å²) in [6.07, 6.45) is -3.47. The van der Waals surface area contributed by atoms with Gasteiger partial charge in [-0.25, -0.2) is 0 Å². The summed E-state index contributed by atoms with van der Waals surface area (Å²) in [5.41, 5.74) is 0.